The quantitative estimate of drug-likeness (QED) is 0.739. The number of hydrogen-bond donors (Lipinski definition) is 3. The van der Waals surface area contributed by atoms with Crippen LogP contribution in [-0.2, 0) is 4.79 Å². The first-order chi connectivity index (χ1) is 8.49. The van der Waals surface area contributed by atoms with Crippen molar-refractivity contribution in [2.24, 2.45) is 0 Å². The van der Waals surface area contributed by atoms with Gasteiger partial charge in [0.25, 0.3) is 6.43 Å². The molecular formula is C11H13ClF2N2O2. The smallest absolute Gasteiger partial charge is 0.265 e. The molecule has 0 aliphatic rings. The largest absolute Gasteiger partial charge is 0.386 e. The average Bonchev–Trinajstić information content (AvgIpc) is 2.32. The second kappa shape index (κ2) is 7.25. The highest BCUT2D eigenvalue weighted by Gasteiger charge is 2.16. The van der Waals surface area contributed by atoms with E-state index in [1.807, 2.05) is 0 Å². The van der Waals surface area contributed by atoms with Crippen molar-refractivity contribution in [2.45, 2.75) is 12.5 Å². The van der Waals surface area contributed by atoms with Crippen molar-refractivity contribution < 1.29 is 18.7 Å². The normalized spacial score (nSPS) is 12.5. The van der Waals surface area contributed by atoms with Gasteiger partial charge in [-0.25, -0.2) is 8.78 Å². The first kappa shape index (κ1) is 14.8. The molecule has 0 bridgehead atoms. The van der Waals surface area contributed by atoms with Gasteiger partial charge in [0.2, 0.25) is 5.91 Å². The molecule has 1 amide bonds. The van der Waals surface area contributed by atoms with Crippen LogP contribution in [0.4, 0.5) is 14.5 Å². The minimum atomic E-state index is -2.82. The standard InChI is InChI=1S/C11H13ClF2N2O2/c12-7-1-3-8(4-2-7)16-10(18)6-15-5-9(17)11(13)14/h1-4,9,11,15,17H,5-6H2,(H,16,18). The van der Waals surface area contributed by atoms with Gasteiger partial charge >= 0.3 is 0 Å². The maximum Gasteiger partial charge on any atom is 0.265 e. The Morgan fingerprint density at radius 1 is 1.33 bits per heavy atom. The molecule has 1 aromatic carbocycles. The molecule has 0 aromatic heterocycles. The lowest BCUT2D eigenvalue weighted by molar-refractivity contribution is -0.115. The highest BCUT2D eigenvalue weighted by Crippen LogP contribution is 2.12. The van der Waals surface area contributed by atoms with Gasteiger partial charge in [-0.2, -0.15) is 0 Å². The van der Waals surface area contributed by atoms with Crippen LogP contribution in [0.15, 0.2) is 24.3 Å². The van der Waals surface area contributed by atoms with E-state index >= 15 is 0 Å². The van der Waals surface area contributed by atoms with Gasteiger partial charge in [-0.3, -0.25) is 4.79 Å². The lowest BCUT2D eigenvalue weighted by Gasteiger charge is -2.10. The van der Waals surface area contributed by atoms with E-state index in [1.54, 1.807) is 24.3 Å². The maximum absolute atomic E-state index is 11.9. The van der Waals surface area contributed by atoms with Crippen molar-refractivity contribution in [1.82, 2.24) is 5.32 Å². The summed E-state index contributed by atoms with van der Waals surface area (Å²) in [5.41, 5.74) is 0.556. The van der Waals surface area contributed by atoms with Crippen molar-refractivity contribution in [3.05, 3.63) is 29.3 Å². The first-order valence-corrected chi connectivity index (χ1v) is 5.59. The Morgan fingerprint density at radius 3 is 2.50 bits per heavy atom. The maximum atomic E-state index is 11.9. The fourth-order valence-electron chi connectivity index (χ4n) is 1.16. The summed E-state index contributed by atoms with van der Waals surface area (Å²) in [6, 6.07) is 6.47. The van der Waals surface area contributed by atoms with Crippen LogP contribution in [0, 0.1) is 0 Å². The number of nitrogens with one attached hydrogen (secondary N) is 2. The van der Waals surface area contributed by atoms with E-state index in [-0.39, 0.29) is 13.1 Å². The molecular weight excluding hydrogens is 266 g/mol. The molecule has 0 fully saturated rings. The topological polar surface area (TPSA) is 61.4 Å². The summed E-state index contributed by atoms with van der Waals surface area (Å²) in [7, 11) is 0. The van der Waals surface area contributed by atoms with E-state index in [2.05, 4.69) is 10.6 Å². The van der Waals surface area contributed by atoms with Crippen LogP contribution in [0.3, 0.4) is 0 Å². The number of alkyl halides is 2. The lowest BCUT2D eigenvalue weighted by atomic mass is 10.3. The van der Waals surface area contributed by atoms with Crippen molar-refractivity contribution in [1.29, 1.82) is 0 Å². The van der Waals surface area contributed by atoms with Gasteiger partial charge in [0.05, 0.1) is 6.54 Å². The summed E-state index contributed by atoms with van der Waals surface area (Å²) in [6.07, 6.45) is -4.59. The van der Waals surface area contributed by atoms with E-state index in [9.17, 15) is 13.6 Å². The SMILES string of the molecule is O=C(CNCC(O)C(F)F)Nc1ccc(Cl)cc1. The third-order valence-electron chi connectivity index (χ3n) is 2.06. The molecule has 1 atom stereocenters. The number of halogens is 3. The van der Waals surface area contributed by atoms with Gasteiger partial charge in [0, 0.05) is 17.3 Å². The van der Waals surface area contributed by atoms with E-state index in [1.165, 1.54) is 0 Å². The minimum Gasteiger partial charge on any atom is -0.386 e. The Bertz CT molecular complexity index is 387. The Kier molecular flexibility index (Phi) is 5.97. The number of hydrogen-bond acceptors (Lipinski definition) is 3. The summed E-state index contributed by atoms with van der Waals surface area (Å²) in [5.74, 6) is -0.390. The third-order valence-corrected chi connectivity index (χ3v) is 2.31. The molecule has 1 aromatic rings. The summed E-state index contributed by atoms with van der Waals surface area (Å²) >= 11 is 5.67. The molecule has 0 aliphatic carbocycles. The fraction of sp³-hybridized carbons (Fsp3) is 0.364. The van der Waals surface area contributed by atoms with E-state index in [0.717, 1.165) is 0 Å². The molecule has 0 saturated heterocycles. The molecule has 1 rings (SSSR count). The number of carbonyl (C=O) groups excluding carboxylic acids is 1. The number of aliphatic hydroxyl groups is 1. The van der Waals surface area contributed by atoms with Crippen LogP contribution >= 0.6 is 11.6 Å². The molecule has 0 aliphatic heterocycles. The zero-order valence-corrected chi connectivity index (χ0v) is 10.1. The molecule has 0 heterocycles. The molecule has 0 radical (unpaired) electrons. The minimum absolute atomic E-state index is 0.160. The van der Waals surface area contributed by atoms with Crippen molar-refractivity contribution in [3.63, 3.8) is 0 Å². The Hall–Kier alpha value is -1.24. The van der Waals surface area contributed by atoms with Crippen molar-refractivity contribution in [3.8, 4) is 0 Å². The van der Waals surface area contributed by atoms with Gasteiger partial charge in [0.15, 0.2) is 0 Å². The fourth-order valence-corrected chi connectivity index (χ4v) is 1.29. The van der Waals surface area contributed by atoms with Crippen LogP contribution in [0.5, 0.6) is 0 Å². The molecule has 100 valence electrons. The number of carbonyl (C=O) groups is 1. The number of anilines is 1. The van der Waals surface area contributed by atoms with E-state index < -0.39 is 18.4 Å². The van der Waals surface area contributed by atoms with Gasteiger partial charge in [-0.1, -0.05) is 11.6 Å². The van der Waals surface area contributed by atoms with Crippen LogP contribution in [0.1, 0.15) is 0 Å². The number of amides is 1. The summed E-state index contributed by atoms with van der Waals surface area (Å²) in [5, 5.41) is 14.3. The van der Waals surface area contributed by atoms with Crippen LogP contribution in [0.25, 0.3) is 0 Å². The predicted molar refractivity (Wildman–Crippen MR) is 65.0 cm³/mol. The monoisotopic (exact) mass is 278 g/mol. The number of benzene rings is 1. The second-order valence-electron chi connectivity index (χ2n) is 3.59. The number of aliphatic hydroxyl groups excluding tert-OH is 1. The van der Waals surface area contributed by atoms with Gasteiger partial charge < -0.3 is 15.7 Å². The second-order valence-corrected chi connectivity index (χ2v) is 4.02. The van der Waals surface area contributed by atoms with Crippen LogP contribution in [-0.4, -0.2) is 36.6 Å². The molecule has 0 spiro atoms. The lowest BCUT2D eigenvalue weighted by Crippen LogP contribution is -2.36. The van der Waals surface area contributed by atoms with Gasteiger partial charge in [-0.15, -0.1) is 0 Å². The summed E-state index contributed by atoms with van der Waals surface area (Å²) in [6.45, 7) is -0.502. The van der Waals surface area contributed by atoms with E-state index in [0.29, 0.717) is 10.7 Å². The molecule has 0 saturated carbocycles. The van der Waals surface area contributed by atoms with Gasteiger partial charge in [0.1, 0.15) is 6.10 Å². The zero-order valence-electron chi connectivity index (χ0n) is 9.37. The summed E-state index contributed by atoms with van der Waals surface area (Å²) in [4.78, 5) is 11.4. The molecule has 7 heteroatoms. The molecule has 1 unspecified atom stereocenters. The Balaban J connectivity index is 2.27. The van der Waals surface area contributed by atoms with Crippen molar-refractivity contribution >= 4 is 23.2 Å². The van der Waals surface area contributed by atoms with Crippen LogP contribution < -0.4 is 10.6 Å². The Morgan fingerprint density at radius 2 is 1.94 bits per heavy atom. The highest BCUT2D eigenvalue weighted by atomic mass is 35.5. The molecule has 18 heavy (non-hydrogen) atoms. The van der Waals surface area contributed by atoms with Gasteiger partial charge in [-0.05, 0) is 24.3 Å². The molecule has 3 N–H and O–H groups in total. The Labute approximate surface area is 108 Å². The first-order valence-electron chi connectivity index (χ1n) is 5.21. The van der Waals surface area contributed by atoms with Crippen LogP contribution in [0.2, 0.25) is 5.02 Å². The van der Waals surface area contributed by atoms with Crippen molar-refractivity contribution in [2.75, 3.05) is 18.4 Å². The van der Waals surface area contributed by atoms with E-state index in [4.69, 9.17) is 16.7 Å². The zero-order chi connectivity index (χ0) is 13.5. The highest BCUT2D eigenvalue weighted by molar-refractivity contribution is 6.30. The average molecular weight is 279 g/mol. The predicted octanol–water partition coefficient (Wildman–Crippen LogP) is 1.49. The summed E-state index contributed by atoms with van der Waals surface area (Å²) < 4.78 is 23.9. The molecule has 4 nitrogen and oxygen atoms in total. The third kappa shape index (κ3) is 5.39. The number of rotatable bonds is 6.